The average molecular weight is 326 g/mol. The first-order valence-corrected chi connectivity index (χ1v) is 9.84. The van der Waals surface area contributed by atoms with E-state index in [-0.39, 0.29) is 10.8 Å². The maximum atomic E-state index is 11.9. The first kappa shape index (κ1) is 16.4. The number of allylic oxidation sites excluding steroid dienone is 1. The number of carbonyl (C=O) groups is 1. The van der Waals surface area contributed by atoms with Crippen molar-refractivity contribution in [2.45, 2.75) is 77.2 Å². The van der Waals surface area contributed by atoms with Gasteiger partial charge < -0.3 is 5.11 Å². The van der Waals surface area contributed by atoms with E-state index in [1.54, 1.807) is 0 Å². The van der Waals surface area contributed by atoms with Crippen molar-refractivity contribution in [3.8, 4) is 12.3 Å². The van der Waals surface area contributed by atoms with Crippen molar-refractivity contribution in [1.29, 1.82) is 0 Å². The van der Waals surface area contributed by atoms with Crippen LogP contribution in [0.1, 0.15) is 71.6 Å². The van der Waals surface area contributed by atoms with Crippen LogP contribution < -0.4 is 0 Å². The van der Waals surface area contributed by atoms with E-state index in [0.717, 1.165) is 44.9 Å². The quantitative estimate of drug-likeness (QED) is 0.731. The van der Waals surface area contributed by atoms with Crippen LogP contribution in [0, 0.1) is 40.9 Å². The summed E-state index contributed by atoms with van der Waals surface area (Å²) < 4.78 is 0. The van der Waals surface area contributed by atoms with Crippen molar-refractivity contribution in [2.75, 3.05) is 0 Å². The van der Waals surface area contributed by atoms with Gasteiger partial charge in [-0.3, -0.25) is 4.79 Å². The van der Waals surface area contributed by atoms with Gasteiger partial charge in [0.2, 0.25) is 0 Å². The number of rotatable bonds is 1. The molecule has 0 aromatic rings. The number of fused-ring (bicyclic) bond motifs is 5. The Hall–Kier alpha value is -1.07. The Balaban J connectivity index is 1.72. The third kappa shape index (κ3) is 1.86. The highest BCUT2D eigenvalue weighted by atomic mass is 16.3. The summed E-state index contributed by atoms with van der Waals surface area (Å²) in [7, 11) is 0. The molecule has 6 atom stereocenters. The van der Waals surface area contributed by atoms with Crippen molar-refractivity contribution < 1.29 is 9.90 Å². The molecule has 0 aromatic carbocycles. The molecule has 0 aromatic heterocycles. The van der Waals surface area contributed by atoms with Gasteiger partial charge in [0.1, 0.15) is 5.60 Å². The van der Waals surface area contributed by atoms with E-state index in [0.29, 0.717) is 30.0 Å². The van der Waals surface area contributed by atoms with E-state index in [1.165, 1.54) is 12.0 Å². The summed E-state index contributed by atoms with van der Waals surface area (Å²) in [5.74, 6) is 5.00. The summed E-state index contributed by atoms with van der Waals surface area (Å²) >= 11 is 0. The number of terminal acetylenes is 1. The minimum absolute atomic E-state index is 0.0784. The molecule has 1 N–H and O–H groups in total. The normalized spacial score (nSPS) is 50.3. The summed E-state index contributed by atoms with van der Waals surface area (Å²) in [6.45, 7) is 4.62. The fraction of sp³-hybridized carbons (Fsp3) is 0.773. The molecule has 2 heteroatoms. The van der Waals surface area contributed by atoms with Gasteiger partial charge in [-0.1, -0.05) is 25.3 Å². The topological polar surface area (TPSA) is 37.3 Å². The van der Waals surface area contributed by atoms with Gasteiger partial charge in [0.15, 0.2) is 5.78 Å². The lowest BCUT2D eigenvalue weighted by Gasteiger charge is -2.59. The highest BCUT2D eigenvalue weighted by Crippen LogP contribution is 2.68. The second-order valence-electron chi connectivity index (χ2n) is 9.06. The number of aliphatic hydroxyl groups is 1. The van der Waals surface area contributed by atoms with Crippen LogP contribution in [0.25, 0.3) is 0 Å². The van der Waals surface area contributed by atoms with Crippen LogP contribution in [-0.4, -0.2) is 16.5 Å². The fourth-order valence-electron chi connectivity index (χ4n) is 7.34. The molecule has 4 rings (SSSR count). The third-order valence-corrected chi connectivity index (χ3v) is 8.68. The molecule has 0 heterocycles. The Morgan fingerprint density at radius 2 is 1.96 bits per heavy atom. The lowest BCUT2D eigenvalue weighted by molar-refractivity contribution is -0.122. The second-order valence-corrected chi connectivity index (χ2v) is 9.06. The van der Waals surface area contributed by atoms with Crippen LogP contribution in [0.2, 0.25) is 0 Å². The second kappa shape index (κ2) is 5.21. The van der Waals surface area contributed by atoms with Crippen LogP contribution in [-0.2, 0) is 4.79 Å². The lowest BCUT2D eigenvalue weighted by Crippen LogP contribution is -2.55. The Bertz CT molecular complexity index is 641. The van der Waals surface area contributed by atoms with Gasteiger partial charge in [0.05, 0.1) is 0 Å². The van der Waals surface area contributed by atoms with E-state index in [4.69, 9.17) is 6.42 Å². The monoisotopic (exact) mass is 326 g/mol. The van der Waals surface area contributed by atoms with Crippen LogP contribution >= 0.6 is 0 Å². The molecule has 4 aliphatic rings. The number of hydrogen-bond donors (Lipinski definition) is 1. The Kier molecular flexibility index (Phi) is 3.56. The van der Waals surface area contributed by atoms with Crippen molar-refractivity contribution in [1.82, 2.24) is 0 Å². The van der Waals surface area contributed by atoms with Crippen LogP contribution in [0.3, 0.4) is 0 Å². The molecule has 0 spiro atoms. The highest BCUT2D eigenvalue weighted by molar-refractivity contribution is 5.91. The fourth-order valence-corrected chi connectivity index (χ4v) is 7.34. The molecular formula is C22H30O2. The van der Waals surface area contributed by atoms with Gasteiger partial charge >= 0.3 is 0 Å². The molecule has 2 nitrogen and oxygen atoms in total. The van der Waals surface area contributed by atoms with Crippen molar-refractivity contribution in [3.05, 3.63) is 11.6 Å². The lowest BCUT2D eigenvalue weighted by atomic mass is 9.45. The molecule has 0 bridgehead atoms. The summed E-state index contributed by atoms with van der Waals surface area (Å²) in [6, 6.07) is 0. The first-order valence-electron chi connectivity index (χ1n) is 9.84. The molecule has 4 aliphatic carbocycles. The molecule has 3 saturated carbocycles. The van der Waals surface area contributed by atoms with Gasteiger partial charge in [-0.05, 0) is 80.6 Å². The minimum atomic E-state index is -0.906. The maximum absolute atomic E-state index is 11.9. The molecule has 0 amide bonds. The number of hydrogen-bond acceptors (Lipinski definition) is 2. The van der Waals surface area contributed by atoms with Crippen LogP contribution in [0.5, 0.6) is 0 Å². The molecule has 3 fully saturated rings. The van der Waals surface area contributed by atoms with E-state index >= 15 is 0 Å². The van der Waals surface area contributed by atoms with Crippen molar-refractivity contribution in [2.24, 2.45) is 28.6 Å². The Labute approximate surface area is 146 Å². The zero-order chi connectivity index (χ0) is 17.2. The van der Waals surface area contributed by atoms with E-state index in [2.05, 4.69) is 19.8 Å². The van der Waals surface area contributed by atoms with Crippen LogP contribution in [0.4, 0.5) is 0 Å². The molecule has 130 valence electrons. The maximum Gasteiger partial charge on any atom is 0.155 e. The SMILES string of the molecule is C#C[C@]1(O)CCC2C3CCC4=CC(=O)CC[C@]4(C)C3CC[C@@]21CC. The zero-order valence-corrected chi connectivity index (χ0v) is 15.1. The predicted molar refractivity (Wildman–Crippen MR) is 95.1 cm³/mol. The average Bonchev–Trinajstić information content (AvgIpc) is 2.89. The Morgan fingerprint density at radius 3 is 2.67 bits per heavy atom. The molecule has 0 radical (unpaired) electrons. The van der Waals surface area contributed by atoms with Gasteiger partial charge in [0.25, 0.3) is 0 Å². The smallest absolute Gasteiger partial charge is 0.155 e. The van der Waals surface area contributed by atoms with Gasteiger partial charge in [-0.25, -0.2) is 0 Å². The molecular weight excluding hydrogens is 296 g/mol. The number of ketones is 1. The minimum Gasteiger partial charge on any atom is -0.377 e. The standard InChI is InChI=1S/C22H30O2/c1-4-21-12-9-18-17(19(21)10-13-22(21,24)5-2)7-6-15-14-16(23)8-11-20(15,18)3/h2,14,17-19,24H,4,6-13H2,1,3H3/t17?,18?,19?,20-,21-,22-/m0/s1. The first-order chi connectivity index (χ1) is 11.4. The number of carbonyl (C=O) groups excluding carboxylic acids is 1. The van der Waals surface area contributed by atoms with E-state index < -0.39 is 5.60 Å². The Morgan fingerprint density at radius 1 is 1.21 bits per heavy atom. The predicted octanol–water partition coefficient (Wildman–Crippen LogP) is 4.27. The summed E-state index contributed by atoms with van der Waals surface area (Å²) in [6.07, 6.45) is 16.8. The summed E-state index contributed by atoms with van der Waals surface area (Å²) in [4.78, 5) is 11.9. The summed E-state index contributed by atoms with van der Waals surface area (Å²) in [5, 5.41) is 11.2. The third-order valence-electron chi connectivity index (χ3n) is 8.68. The van der Waals surface area contributed by atoms with Crippen molar-refractivity contribution >= 4 is 5.78 Å². The van der Waals surface area contributed by atoms with Gasteiger partial charge in [0, 0.05) is 11.8 Å². The molecule has 0 saturated heterocycles. The molecule has 3 unspecified atom stereocenters. The van der Waals surface area contributed by atoms with Crippen molar-refractivity contribution in [3.63, 3.8) is 0 Å². The molecule has 24 heavy (non-hydrogen) atoms. The van der Waals surface area contributed by atoms with Gasteiger partial charge in [-0.15, -0.1) is 6.42 Å². The molecule has 0 aliphatic heterocycles. The zero-order valence-electron chi connectivity index (χ0n) is 15.1. The summed E-state index contributed by atoms with van der Waals surface area (Å²) in [5.41, 5.74) is 0.629. The van der Waals surface area contributed by atoms with Crippen LogP contribution in [0.15, 0.2) is 11.6 Å². The van der Waals surface area contributed by atoms with E-state index in [9.17, 15) is 9.90 Å². The largest absolute Gasteiger partial charge is 0.377 e. The van der Waals surface area contributed by atoms with Gasteiger partial charge in [-0.2, -0.15) is 0 Å². The van der Waals surface area contributed by atoms with E-state index in [1.807, 2.05) is 6.08 Å². The highest BCUT2D eigenvalue weighted by Gasteiger charge is 2.64.